The van der Waals surface area contributed by atoms with Crippen LogP contribution in [0, 0.1) is 6.92 Å². The molecule has 4 rings (SSSR count). The second-order valence-corrected chi connectivity index (χ2v) is 11.5. The summed E-state index contributed by atoms with van der Waals surface area (Å²) < 4.78 is 3.30. The van der Waals surface area contributed by atoms with E-state index in [9.17, 15) is 9.59 Å². The molecule has 6 heteroatoms. The molecule has 1 fully saturated rings. The average molecular weight is 579 g/mol. The maximum atomic E-state index is 14.0. The highest BCUT2D eigenvalue weighted by Crippen LogP contribution is 2.26. The van der Waals surface area contributed by atoms with E-state index in [-0.39, 0.29) is 30.4 Å². The van der Waals surface area contributed by atoms with Gasteiger partial charge in [-0.1, -0.05) is 71.9 Å². The van der Waals surface area contributed by atoms with Crippen molar-refractivity contribution in [3.8, 4) is 0 Å². The predicted octanol–water partition coefficient (Wildman–Crippen LogP) is 7.21. The summed E-state index contributed by atoms with van der Waals surface area (Å²) in [5, 5.41) is 0. The van der Waals surface area contributed by atoms with E-state index >= 15 is 0 Å². The lowest BCUT2D eigenvalue weighted by atomic mass is 9.94. The quantitative estimate of drug-likeness (QED) is 0.255. The van der Waals surface area contributed by atoms with Crippen LogP contribution in [0.2, 0.25) is 0 Å². The first-order valence-electron chi connectivity index (χ1n) is 13.9. The molecule has 0 saturated heterocycles. The van der Waals surface area contributed by atoms with Gasteiger partial charge in [0, 0.05) is 40.6 Å². The van der Waals surface area contributed by atoms with E-state index in [0.717, 1.165) is 54.4 Å². The molecule has 1 saturated carbocycles. The predicted molar refractivity (Wildman–Crippen MR) is 157 cm³/mol. The Morgan fingerprint density at radius 2 is 1.68 bits per heavy atom. The average Bonchev–Trinajstić information content (AvgIpc) is 3.38. The summed E-state index contributed by atoms with van der Waals surface area (Å²) in [6.07, 6.45) is 8.45. The number of nitrogens with zero attached hydrogens (tertiary/aromatic N) is 3. The number of aryl methyl sites for hydroxylation is 1. The number of hydrogen-bond acceptors (Lipinski definition) is 2. The largest absolute Gasteiger partial charge is 0.345 e. The molecule has 5 nitrogen and oxygen atoms in total. The Hall–Kier alpha value is -2.86. The van der Waals surface area contributed by atoms with Crippen LogP contribution in [0.5, 0.6) is 0 Å². The minimum Gasteiger partial charge on any atom is -0.345 e. The number of carbonyl (C=O) groups excluding carboxylic acids is 2. The minimum atomic E-state index is -0.0742. The van der Waals surface area contributed by atoms with Crippen LogP contribution in [-0.2, 0) is 17.9 Å². The molecular formula is C32H40BrN3O2. The smallest absolute Gasteiger partial charge is 0.254 e. The number of amides is 2. The Morgan fingerprint density at radius 1 is 1.00 bits per heavy atom. The number of aromatic nitrogens is 1. The summed E-state index contributed by atoms with van der Waals surface area (Å²) in [5.41, 5.74) is 4.08. The number of benzene rings is 2. The van der Waals surface area contributed by atoms with Crippen molar-refractivity contribution in [3.63, 3.8) is 0 Å². The van der Waals surface area contributed by atoms with Gasteiger partial charge < -0.3 is 14.4 Å². The van der Waals surface area contributed by atoms with E-state index < -0.39 is 0 Å². The third kappa shape index (κ3) is 7.16. The van der Waals surface area contributed by atoms with E-state index in [1.165, 1.54) is 12.0 Å². The van der Waals surface area contributed by atoms with Crippen molar-refractivity contribution in [1.82, 2.24) is 14.4 Å². The van der Waals surface area contributed by atoms with Crippen molar-refractivity contribution in [3.05, 3.63) is 93.7 Å². The normalized spacial score (nSPS) is 14.7. The van der Waals surface area contributed by atoms with E-state index in [1.807, 2.05) is 38.1 Å². The first-order valence-corrected chi connectivity index (χ1v) is 14.7. The molecule has 2 aromatic carbocycles. The monoisotopic (exact) mass is 577 g/mol. The van der Waals surface area contributed by atoms with E-state index in [0.29, 0.717) is 12.1 Å². The van der Waals surface area contributed by atoms with Gasteiger partial charge in [0.2, 0.25) is 5.91 Å². The Labute approximate surface area is 236 Å². The van der Waals surface area contributed by atoms with Crippen molar-refractivity contribution in [2.75, 3.05) is 6.54 Å². The zero-order valence-corrected chi connectivity index (χ0v) is 24.5. The minimum absolute atomic E-state index is 0.0257. The van der Waals surface area contributed by atoms with Crippen molar-refractivity contribution < 1.29 is 9.59 Å². The Bertz CT molecular complexity index is 1200. The molecule has 1 aliphatic carbocycles. The number of carbonyl (C=O) groups is 2. The highest BCUT2D eigenvalue weighted by atomic mass is 79.9. The molecule has 1 aromatic heterocycles. The topological polar surface area (TPSA) is 45.6 Å². The first-order chi connectivity index (χ1) is 18.4. The molecular weight excluding hydrogens is 538 g/mol. The maximum Gasteiger partial charge on any atom is 0.254 e. The first kappa shape index (κ1) is 28.2. The summed E-state index contributed by atoms with van der Waals surface area (Å²) in [5.74, 6) is -0.0380. The Balaban J connectivity index is 1.56. The Kier molecular flexibility index (Phi) is 9.84. The fourth-order valence-electron chi connectivity index (χ4n) is 5.27. The number of rotatable bonds is 10. The zero-order chi connectivity index (χ0) is 27.1. The molecule has 0 unspecified atom stereocenters. The SMILES string of the molecule is CC[C@@H](C)N(CC(=O)N(Cc1cccn1Cc1ccc(Br)cc1)C1CCCCC1)C(=O)c1ccc(C)cc1. The Morgan fingerprint density at radius 3 is 2.34 bits per heavy atom. The van der Waals surface area contributed by atoms with Crippen LogP contribution in [0.1, 0.15) is 79.6 Å². The van der Waals surface area contributed by atoms with Crippen LogP contribution < -0.4 is 0 Å². The molecule has 38 heavy (non-hydrogen) atoms. The van der Waals surface area contributed by atoms with Gasteiger partial charge in [-0.2, -0.15) is 0 Å². The zero-order valence-electron chi connectivity index (χ0n) is 22.9. The molecule has 1 atom stereocenters. The molecule has 1 aliphatic rings. The van der Waals surface area contributed by atoms with Gasteiger partial charge in [0.05, 0.1) is 6.54 Å². The summed E-state index contributed by atoms with van der Waals surface area (Å²) in [7, 11) is 0. The fourth-order valence-corrected chi connectivity index (χ4v) is 5.53. The van der Waals surface area contributed by atoms with Crippen LogP contribution in [0.25, 0.3) is 0 Å². The summed E-state index contributed by atoms with van der Waals surface area (Å²) in [4.78, 5) is 31.4. The van der Waals surface area contributed by atoms with Gasteiger partial charge in [0.15, 0.2) is 0 Å². The summed E-state index contributed by atoms with van der Waals surface area (Å²) >= 11 is 3.51. The third-order valence-corrected chi connectivity index (χ3v) is 8.37. The molecule has 3 aromatic rings. The summed E-state index contributed by atoms with van der Waals surface area (Å²) in [6.45, 7) is 7.53. The lowest BCUT2D eigenvalue weighted by Crippen LogP contribution is -2.49. The lowest BCUT2D eigenvalue weighted by Gasteiger charge is -2.37. The molecule has 1 heterocycles. The van der Waals surface area contributed by atoms with Gasteiger partial charge in [-0.05, 0) is 75.1 Å². The fraction of sp³-hybridized carbons (Fsp3) is 0.438. The van der Waals surface area contributed by atoms with Gasteiger partial charge in [-0.3, -0.25) is 9.59 Å². The molecule has 0 spiro atoms. The van der Waals surface area contributed by atoms with Crippen LogP contribution in [0.3, 0.4) is 0 Å². The van der Waals surface area contributed by atoms with Crippen molar-refractivity contribution in [2.45, 2.75) is 84.5 Å². The summed E-state index contributed by atoms with van der Waals surface area (Å²) in [6, 6.07) is 20.4. The van der Waals surface area contributed by atoms with Crippen LogP contribution in [0.15, 0.2) is 71.3 Å². The van der Waals surface area contributed by atoms with E-state index in [2.05, 4.69) is 74.9 Å². The van der Waals surface area contributed by atoms with Gasteiger partial charge >= 0.3 is 0 Å². The molecule has 0 bridgehead atoms. The standard InChI is InChI=1S/C32H40BrN3O2/c1-4-25(3)35(32(38)27-16-12-24(2)13-17-27)23-31(37)36(29-9-6-5-7-10-29)22-30-11-8-20-34(30)21-26-14-18-28(33)19-15-26/h8,11-20,25,29H,4-7,9-10,21-23H2,1-3H3/t25-/m1/s1. The van der Waals surface area contributed by atoms with Gasteiger partial charge in [-0.25, -0.2) is 0 Å². The maximum absolute atomic E-state index is 14.0. The molecule has 0 aliphatic heterocycles. The van der Waals surface area contributed by atoms with Gasteiger partial charge in [0.1, 0.15) is 6.54 Å². The second kappa shape index (κ2) is 13.3. The van der Waals surface area contributed by atoms with Gasteiger partial charge in [-0.15, -0.1) is 0 Å². The molecule has 202 valence electrons. The molecule has 0 N–H and O–H groups in total. The van der Waals surface area contributed by atoms with Crippen LogP contribution >= 0.6 is 15.9 Å². The highest BCUT2D eigenvalue weighted by molar-refractivity contribution is 9.10. The lowest BCUT2D eigenvalue weighted by molar-refractivity contribution is -0.136. The van der Waals surface area contributed by atoms with Crippen molar-refractivity contribution >= 4 is 27.7 Å². The molecule has 2 amide bonds. The third-order valence-electron chi connectivity index (χ3n) is 7.85. The van der Waals surface area contributed by atoms with Crippen molar-refractivity contribution in [1.29, 1.82) is 0 Å². The van der Waals surface area contributed by atoms with Gasteiger partial charge in [0.25, 0.3) is 5.91 Å². The van der Waals surface area contributed by atoms with Crippen LogP contribution in [-0.4, -0.2) is 44.8 Å². The highest BCUT2D eigenvalue weighted by Gasteiger charge is 2.30. The number of halogens is 1. The van der Waals surface area contributed by atoms with Crippen molar-refractivity contribution in [2.24, 2.45) is 0 Å². The molecule has 0 radical (unpaired) electrons. The van der Waals surface area contributed by atoms with E-state index in [4.69, 9.17) is 0 Å². The number of hydrogen-bond donors (Lipinski definition) is 0. The van der Waals surface area contributed by atoms with Crippen LogP contribution in [0.4, 0.5) is 0 Å². The second-order valence-electron chi connectivity index (χ2n) is 10.6. The van der Waals surface area contributed by atoms with E-state index in [1.54, 1.807) is 4.90 Å².